The minimum absolute atomic E-state index is 0.0455. The second kappa shape index (κ2) is 4.77. The normalized spacial score (nSPS) is 29.2. The summed E-state index contributed by atoms with van der Waals surface area (Å²) in [6.07, 6.45) is 6.04. The zero-order chi connectivity index (χ0) is 13.4. The molecular formula is C13H18N4O2. The van der Waals surface area contributed by atoms with Crippen molar-refractivity contribution in [2.75, 3.05) is 11.9 Å². The topological polar surface area (TPSA) is 71.3 Å². The molecule has 102 valence electrons. The van der Waals surface area contributed by atoms with Crippen molar-refractivity contribution in [2.24, 2.45) is 0 Å². The SMILES string of the molecule is CN(c1cccnc1[N+](=O)[O-])C1CC2CCC(C1)N2. The predicted octanol–water partition coefficient (Wildman–Crippen LogP) is 1.71. The summed E-state index contributed by atoms with van der Waals surface area (Å²) in [5, 5.41) is 14.6. The van der Waals surface area contributed by atoms with E-state index in [1.165, 1.54) is 19.0 Å². The standard InChI is InChI=1S/C13H18N4O2/c1-16(11-7-9-4-5-10(8-11)15-9)12-3-2-6-14-13(12)17(18)19/h2-3,6,9-11,15H,4-5,7-8H2,1H3. The largest absolute Gasteiger partial charge is 0.387 e. The number of piperidine rings is 1. The summed E-state index contributed by atoms with van der Waals surface area (Å²) in [5.41, 5.74) is 0.624. The van der Waals surface area contributed by atoms with E-state index in [4.69, 9.17) is 0 Å². The third-order valence-electron chi connectivity index (χ3n) is 4.31. The molecule has 6 heteroatoms. The molecule has 0 saturated carbocycles. The number of hydrogen-bond donors (Lipinski definition) is 1. The Bertz CT molecular complexity index is 481. The van der Waals surface area contributed by atoms with Gasteiger partial charge in [0.2, 0.25) is 0 Å². The monoisotopic (exact) mass is 262 g/mol. The van der Waals surface area contributed by atoms with E-state index in [-0.39, 0.29) is 5.82 Å². The van der Waals surface area contributed by atoms with Gasteiger partial charge in [0.25, 0.3) is 0 Å². The van der Waals surface area contributed by atoms with E-state index in [1.807, 2.05) is 11.9 Å². The van der Waals surface area contributed by atoms with Crippen molar-refractivity contribution in [3.05, 3.63) is 28.4 Å². The number of nitrogens with one attached hydrogen (secondary N) is 1. The van der Waals surface area contributed by atoms with Crippen LogP contribution in [-0.4, -0.2) is 35.1 Å². The molecule has 2 aliphatic rings. The average molecular weight is 262 g/mol. The number of aromatic nitrogens is 1. The molecule has 2 aliphatic heterocycles. The van der Waals surface area contributed by atoms with Crippen LogP contribution in [0, 0.1) is 10.1 Å². The molecular weight excluding hydrogens is 244 g/mol. The fourth-order valence-electron chi connectivity index (χ4n) is 3.34. The Morgan fingerprint density at radius 1 is 1.42 bits per heavy atom. The molecule has 0 aliphatic carbocycles. The predicted molar refractivity (Wildman–Crippen MR) is 72.3 cm³/mol. The molecule has 0 aromatic carbocycles. The van der Waals surface area contributed by atoms with Crippen molar-refractivity contribution in [3.63, 3.8) is 0 Å². The van der Waals surface area contributed by atoms with E-state index in [2.05, 4.69) is 10.3 Å². The smallest absolute Gasteiger partial charge is 0.365 e. The maximum Gasteiger partial charge on any atom is 0.387 e. The van der Waals surface area contributed by atoms with Crippen LogP contribution < -0.4 is 10.2 Å². The minimum Gasteiger partial charge on any atom is -0.365 e. The van der Waals surface area contributed by atoms with Crippen LogP contribution in [0.3, 0.4) is 0 Å². The van der Waals surface area contributed by atoms with Gasteiger partial charge in [-0.3, -0.25) is 0 Å². The molecule has 3 heterocycles. The van der Waals surface area contributed by atoms with E-state index in [1.54, 1.807) is 12.1 Å². The molecule has 1 aromatic heterocycles. The summed E-state index contributed by atoms with van der Waals surface area (Å²) in [4.78, 5) is 16.6. The first-order chi connectivity index (χ1) is 9.15. The zero-order valence-corrected chi connectivity index (χ0v) is 11.0. The van der Waals surface area contributed by atoms with Gasteiger partial charge >= 0.3 is 5.82 Å². The third kappa shape index (κ3) is 2.28. The number of nitro groups is 1. The summed E-state index contributed by atoms with van der Waals surface area (Å²) >= 11 is 0. The van der Waals surface area contributed by atoms with Gasteiger partial charge in [0.15, 0.2) is 0 Å². The second-order valence-corrected chi connectivity index (χ2v) is 5.48. The van der Waals surface area contributed by atoms with Crippen molar-refractivity contribution in [1.82, 2.24) is 10.3 Å². The van der Waals surface area contributed by atoms with Gasteiger partial charge in [-0.1, -0.05) is 0 Å². The van der Waals surface area contributed by atoms with Crippen LogP contribution >= 0.6 is 0 Å². The molecule has 1 aromatic rings. The number of pyridine rings is 1. The van der Waals surface area contributed by atoms with E-state index in [9.17, 15) is 10.1 Å². The van der Waals surface area contributed by atoms with Crippen LogP contribution in [0.2, 0.25) is 0 Å². The number of rotatable bonds is 3. The molecule has 6 nitrogen and oxygen atoms in total. The van der Waals surface area contributed by atoms with E-state index in [0.717, 1.165) is 12.8 Å². The molecule has 2 fully saturated rings. The lowest BCUT2D eigenvalue weighted by molar-refractivity contribution is -0.388. The van der Waals surface area contributed by atoms with Crippen molar-refractivity contribution >= 4 is 11.5 Å². The average Bonchev–Trinajstić information content (AvgIpc) is 2.76. The van der Waals surface area contributed by atoms with Gasteiger partial charge in [0, 0.05) is 25.2 Å². The van der Waals surface area contributed by atoms with Gasteiger partial charge in [0.05, 0.1) is 0 Å². The van der Waals surface area contributed by atoms with Crippen molar-refractivity contribution in [2.45, 2.75) is 43.8 Å². The Morgan fingerprint density at radius 2 is 2.11 bits per heavy atom. The Balaban J connectivity index is 1.84. The summed E-state index contributed by atoms with van der Waals surface area (Å²) in [6, 6.07) is 5.05. The highest BCUT2D eigenvalue weighted by molar-refractivity contribution is 5.59. The molecule has 2 saturated heterocycles. The molecule has 1 N–H and O–H groups in total. The lowest BCUT2D eigenvalue weighted by Gasteiger charge is -2.36. The first kappa shape index (κ1) is 12.3. The minimum atomic E-state index is -0.401. The quantitative estimate of drug-likeness (QED) is 0.663. The zero-order valence-electron chi connectivity index (χ0n) is 11.0. The fraction of sp³-hybridized carbons (Fsp3) is 0.615. The Morgan fingerprint density at radius 3 is 2.74 bits per heavy atom. The first-order valence-corrected chi connectivity index (χ1v) is 6.73. The maximum absolute atomic E-state index is 11.1. The Hall–Kier alpha value is -1.69. The number of hydrogen-bond acceptors (Lipinski definition) is 5. The lowest BCUT2D eigenvalue weighted by atomic mass is 9.98. The summed E-state index contributed by atoms with van der Waals surface area (Å²) in [7, 11) is 1.94. The van der Waals surface area contributed by atoms with Gasteiger partial charge in [-0.15, -0.1) is 0 Å². The van der Waals surface area contributed by atoms with Gasteiger partial charge in [0.1, 0.15) is 11.9 Å². The Labute approximate surface area is 112 Å². The number of fused-ring (bicyclic) bond motifs is 2. The van der Waals surface area contributed by atoms with Crippen LogP contribution in [0.1, 0.15) is 25.7 Å². The number of anilines is 1. The maximum atomic E-state index is 11.1. The fourth-order valence-corrected chi connectivity index (χ4v) is 3.34. The molecule has 0 spiro atoms. The van der Waals surface area contributed by atoms with Gasteiger partial charge in [-0.2, -0.15) is 0 Å². The second-order valence-electron chi connectivity index (χ2n) is 5.48. The molecule has 2 unspecified atom stereocenters. The van der Waals surface area contributed by atoms with Crippen LogP contribution in [0.4, 0.5) is 11.5 Å². The van der Waals surface area contributed by atoms with Gasteiger partial charge in [-0.25, -0.2) is 0 Å². The molecule has 3 rings (SSSR count). The molecule has 2 atom stereocenters. The summed E-state index contributed by atoms with van der Waals surface area (Å²) in [6.45, 7) is 0. The molecule has 0 amide bonds. The molecule has 19 heavy (non-hydrogen) atoms. The van der Waals surface area contributed by atoms with Gasteiger partial charge in [-0.05, 0) is 47.7 Å². The van der Waals surface area contributed by atoms with Crippen LogP contribution in [0.5, 0.6) is 0 Å². The third-order valence-corrected chi connectivity index (χ3v) is 4.31. The highest BCUT2D eigenvalue weighted by Gasteiger charge is 2.36. The van der Waals surface area contributed by atoms with Crippen molar-refractivity contribution in [3.8, 4) is 0 Å². The van der Waals surface area contributed by atoms with E-state index >= 15 is 0 Å². The van der Waals surface area contributed by atoms with Crippen LogP contribution in [-0.2, 0) is 0 Å². The summed E-state index contributed by atoms with van der Waals surface area (Å²) in [5.74, 6) is -0.0455. The summed E-state index contributed by atoms with van der Waals surface area (Å²) < 4.78 is 0. The van der Waals surface area contributed by atoms with E-state index in [0.29, 0.717) is 23.8 Å². The highest BCUT2D eigenvalue weighted by Crippen LogP contribution is 2.33. The van der Waals surface area contributed by atoms with Crippen molar-refractivity contribution in [1.29, 1.82) is 0 Å². The molecule has 2 bridgehead atoms. The van der Waals surface area contributed by atoms with Crippen molar-refractivity contribution < 1.29 is 4.92 Å². The van der Waals surface area contributed by atoms with Crippen LogP contribution in [0.15, 0.2) is 18.3 Å². The first-order valence-electron chi connectivity index (χ1n) is 6.73. The Kier molecular flexibility index (Phi) is 3.10. The highest BCUT2D eigenvalue weighted by atomic mass is 16.6. The number of nitrogens with zero attached hydrogens (tertiary/aromatic N) is 3. The van der Waals surface area contributed by atoms with E-state index < -0.39 is 4.92 Å². The molecule has 0 radical (unpaired) electrons. The lowest BCUT2D eigenvalue weighted by Crippen LogP contribution is -2.47. The van der Waals surface area contributed by atoms with Gasteiger partial charge < -0.3 is 20.3 Å². The van der Waals surface area contributed by atoms with Crippen LogP contribution in [0.25, 0.3) is 0 Å².